The predicted molar refractivity (Wildman–Crippen MR) is 90.2 cm³/mol. The van der Waals surface area contributed by atoms with Crippen molar-refractivity contribution >= 4 is 10.8 Å². The molecule has 2 N–H and O–H groups in total. The molecule has 0 saturated carbocycles. The van der Waals surface area contributed by atoms with Gasteiger partial charge in [-0.3, -0.25) is 0 Å². The van der Waals surface area contributed by atoms with Gasteiger partial charge >= 0.3 is 0 Å². The van der Waals surface area contributed by atoms with Crippen LogP contribution in [0.2, 0.25) is 0 Å². The highest BCUT2D eigenvalue weighted by Gasteiger charge is 2.32. The van der Waals surface area contributed by atoms with Gasteiger partial charge in [-0.25, -0.2) is 0 Å². The van der Waals surface area contributed by atoms with E-state index in [-0.39, 0.29) is 5.41 Å². The minimum absolute atomic E-state index is 0.234. The smallest absolute Gasteiger partial charge is 0.0331 e. The highest BCUT2D eigenvalue weighted by molar-refractivity contribution is 5.87. The zero-order valence-electron chi connectivity index (χ0n) is 12.1. The largest absolute Gasteiger partial charge is 0.329 e. The van der Waals surface area contributed by atoms with Crippen LogP contribution in [0.5, 0.6) is 0 Å². The number of nitrogens with two attached hydrogens (primary N) is 1. The Hall–Kier alpha value is -2.12. The summed E-state index contributed by atoms with van der Waals surface area (Å²) in [5, 5.41) is 2.51. The maximum Gasteiger partial charge on any atom is 0.0331 e. The monoisotopic (exact) mass is 274 g/mol. The van der Waals surface area contributed by atoms with E-state index in [0.29, 0.717) is 6.54 Å². The fraction of sp³-hybridized carbons (Fsp3) is 0.150. The Morgan fingerprint density at radius 3 is 2.19 bits per heavy atom. The molecule has 0 bridgehead atoms. The van der Waals surface area contributed by atoms with Gasteiger partial charge in [-0.2, -0.15) is 0 Å². The van der Waals surface area contributed by atoms with Crippen molar-refractivity contribution in [1.29, 1.82) is 0 Å². The van der Waals surface area contributed by atoms with Gasteiger partial charge in [-0.15, -0.1) is 0 Å². The van der Waals surface area contributed by atoms with E-state index >= 15 is 0 Å². The highest BCUT2D eigenvalue weighted by atomic mass is 14.6. The molecule has 0 fully saturated rings. The minimum atomic E-state index is -0.234. The van der Waals surface area contributed by atoms with Crippen LogP contribution in [0.1, 0.15) is 17.5 Å². The van der Waals surface area contributed by atoms with Crippen molar-refractivity contribution in [3.63, 3.8) is 0 Å². The van der Waals surface area contributed by atoms with Crippen LogP contribution in [0.4, 0.5) is 0 Å². The molecule has 21 heavy (non-hydrogen) atoms. The molecule has 1 unspecified atom stereocenters. The molecular weight excluding hydrogens is 254 g/mol. The van der Waals surface area contributed by atoms with Gasteiger partial charge in [0, 0.05) is 12.0 Å². The van der Waals surface area contributed by atoms with Crippen LogP contribution in [0.3, 0.4) is 0 Å². The Morgan fingerprint density at radius 1 is 0.810 bits per heavy atom. The van der Waals surface area contributed by atoms with E-state index in [1.807, 2.05) is 6.07 Å². The van der Waals surface area contributed by atoms with Gasteiger partial charge in [0.2, 0.25) is 0 Å². The maximum absolute atomic E-state index is 6.23. The van der Waals surface area contributed by atoms with E-state index in [9.17, 15) is 0 Å². The van der Waals surface area contributed by atoms with Gasteiger partial charge in [-0.05, 0) is 28.3 Å². The summed E-state index contributed by atoms with van der Waals surface area (Å²) in [6.45, 7) is 4.76. The molecule has 0 aliphatic carbocycles. The SMILES string of the molecule is [CH2]CC(CN)(c1ccccc1)c1cccc2ccccc12. The van der Waals surface area contributed by atoms with Crippen molar-refractivity contribution in [2.45, 2.75) is 11.8 Å². The topological polar surface area (TPSA) is 26.0 Å². The van der Waals surface area contributed by atoms with Gasteiger partial charge in [0.25, 0.3) is 0 Å². The number of hydrogen-bond donors (Lipinski definition) is 1. The molecule has 105 valence electrons. The normalized spacial score (nSPS) is 14.0. The van der Waals surface area contributed by atoms with Crippen molar-refractivity contribution in [3.05, 3.63) is 90.8 Å². The average molecular weight is 274 g/mol. The second kappa shape index (κ2) is 5.71. The van der Waals surface area contributed by atoms with Gasteiger partial charge in [-0.1, -0.05) is 79.7 Å². The first-order chi connectivity index (χ1) is 10.3. The van der Waals surface area contributed by atoms with Gasteiger partial charge < -0.3 is 5.73 Å². The zero-order chi connectivity index (χ0) is 14.7. The summed E-state index contributed by atoms with van der Waals surface area (Å²) < 4.78 is 0. The molecule has 0 spiro atoms. The quantitative estimate of drug-likeness (QED) is 0.754. The van der Waals surface area contributed by atoms with E-state index in [1.165, 1.54) is 21.9 Å². The molecule has 3 aromatic rings. The van der Waals surface area contributed by atoms with Crippen molar-refractivity contribution in [2.24, 2.45) is 5.73 Å². The summed E-state index contributed by atoms with van der Waals surface area (Å²) in [5.41, 5.74) is 8.50. The van der Waals surface area contributed by atoms with Crippen molar-refractivity contribution < 1.29 is 0 Å². The van der Waals surface area contributed by atoms with Gasteiger partial charge in [0.05, 0.1) is 0 Å². The van der Waals surface area contributed by atoms with E-state index in [0.717, 1.165) is 6.42 Å². The first kappa shape index (κ1) is 13.8. The Labute approximate surface area is 126 Å². The lowest BCUT2D eigenvalue weighted by atomic mass is 9.71. The molecule has 1 radical (unpaired) electrons. The zero-order valence-corrected chi connectivity index (χ0v) is 12.1. The highest BCUT2D eigenvalue weighted by Crippen LogP contribution is 2.38. The molecule has 0 heterocycles. The Morgan fingerprint density at radius 2 is 1.48 bits per heavy atom. The lowest BCUT2D eigenvalue weighted by Crippen LogP contribution is -2.36. The molecule has 0 amide bonds. The fourth-order valence-corrected chi connectivity index (χ4v) is 3.16. The Bertz CT molecular complexity index is 722. The molecular formula is C20H20N. The minimum Gasteiger partial charge on any atom is -0.329 e. The standard InChI is InChI=1S/C20H20N/c1-2-20(15-21,17-11-4-3-5-12-17)19-14-8-10-16-9-6-7-13-18(16)19/h3-14H,1-2,15,21H2. The molecule has 0 aliphatic heterocycles. The van der Waals surface area contributed by atoms with Crippen LogP contribution in [0, 0.1) is 6.92 Å². The average Bonchev–Trinajstić information content (AvgIpc) is 2.58. The molecule has 1 heteroatoms. The predicted octanol–water partition coefficient (Wildman–Crippen LogP) is 4.31. The van der Waals surface area contributed by atoms with Crippen LogP contribution in [-0.2, 0) is 5.41 Å². The summed E-state index contributed by atoms with van der Waals surface area (Å²) in [6.07, 6.45) is 0.738. The molecule has 3 rings (SSSR count). The lowest BCUT2D eigenvalue weighted by Gasteiger charge is -2.34. The molecule has 1 atom stereocenters. The van der Waals surface area contributed by atoms with Crippen molar-refractivity contribution in [3.8, 4) is 0 Å². The number of benzene rings is 3. The Kier molecular flexibility index (Phi) is 3.76. The van der Waals surface area contributed by atoms with Crippen LogP contribution in [0.25, 0.3) is 10.8 Å². The molecule has 0 aliphatic rings. The van der Waals surface area contributed by atoms with E-state index in [1.54, 1.807) is 0 Å². The lowest BCUT2D eigenvalue weighted by molar-refractivity contribution is 0.536. The first-order valence-electron chi connectivity index (χ1n) is 7.35. The summed E-state index contributed by atoms with van der Waals surface area (Å²) in [7, 11) is 0. The van der Waals surface area contributed by atoms with Gasteiger partial charge in [0.15, 0.2) is 0 Å². The van der Waals surface area contributed by atoms with Crippen LogP contribution in [-0.4, -0.2) is 6.54 Å². The maximum atomic E-state index is 6.23. The van der Waals surface area contributed by atoms with Gasteiger partial charge in [0.1, 0.15) is 0 Å². The molecule has 3 aromatic carbocycles. The van der Waals surface area contributed by atoms with E-state index in [2.05, 4.69) is 73.7 Å². The third kappa shape index (κ3) is 2.24. The summed E-state index contributed by atoms with van der Waals surface area (Å²) in [6, 6.07) is 25.4. The second-order valence-electron chi connectivity index (χ2n) is 5.43. The van der Waals surface area contributed by atoms with Crippen molar-refractivity contribution in [1.82, 2.24) is 0 Å². The number of fused-ring (bicyclic) bond motifs is 1. The van der Waals surface area contributed by atoms with E-state index in [4.69, 9.17) is 5.73 Å². The molecule has 1 nitrogen and oxygen atoms in total. The third-order valence-corrected chi connectivity index (χ3v) is 4.41. The van der Waals surface area contributed by atoms with Crippen LogP contribution >= 0.6 is 0 Å². The van der Waals surface area contributed by atoms with Crippen LogP contribution in [0.15, 0.2) is 72.8 Å². The van der Waals surface area contributed by atoms with Crippen molar-refractivity contribution in [2.75, 3.05) is 6.54 Å². The van der Waals surface area contributed by atoms with Crippen LogP contribution < -0.4 is 5.73 Å². The summed E-state index contributed by atoms with van der Waals surface area (Å²) in [4.78, 5) is 0. The second-order valence-corrected chi connectivity index (χ2v) is 5.43. The third-order valence-electron chi connectivity index (χ3n) is 4.41. The summed E-state index contributed by atoms with van der Waals surface area (Å²) in [5.74, 6) is 0. The first-order valence-corrected chi connectivity index (χ1v) is 7.35. The summed E-state index contributed by atoms with van der Waals surface area (Å²) >= 11 is 0. The Balaban J connectivity index is 2.30. The van der Waals surface area contributed by atoms with E-state index < -0.39 is 0 Å². The molecule has 0 saturated heterocycles. The number of hydrogen-bond acceptors (Lipinski definition) is 1. The molecule has 0 aromatic heterocycles. The number of rotatable bonds is 4. The fourth-order valence-electron chi connectivity index (χ4n) is 3.16.